The summed E-state index contributed by atoms with van der Waals surface area (Å²) in [5, 5.41) is 0. The standard InChI is InChI=1S/C17H20O13P2.4Na/c1-25-11-6-5-10(15(29-31(19,20)21)17(11)30-32(22,23)24)14(18)9-7-12(26-2)16(28-4)13(8-9)27-3;;;;/h5-8H,1-4H3,(H2,19,20,21)(H2,22,23,24);;;;/q;4*+1/p-4. The molecular weight excluding hydrogens is 566 g/mol. The van der Waals surface area contributed by atoms with Crippen LogP contribution in [0.15, 0.2) is 24.3 Å². The molecule has 0 N–H and O–H groups in total. The summed E-state index contributed by atoms with van der Waals surface area (Å²) in [6.45, 7) is 0. The summed E-state index contributed by atoms with van der Waals surface area (Å²) in [4.78, 5) is 58.0. The normalized spacial score (nSPS) is 10.2. The van der Waals surface area contributed by atoms with Crippen LogP contribution in [0.1, 0.15) is 15.9 Å². The minimum atomic E-state index is -5.86. The minimum absolute atomic E-state index is 0. The van der Waals surface area contributed by atoms with E-state index in [1.54, 1.807) is 0 Å². The third-order valence-electron chi connectivity index (χ3n) is 3.87. The van der Waals surface area contributed by atoms with Crippen molar-refractivity contribution in [3.8, 4) is 34.5 Å². The molecule has 0 heterocycles. The number of benzene rings is 2. The van der Waals surface area contributed by atoms with Crippen LogP contribution in [0.4, 0.5) is 0 Å². The van der Waals surface area contributed by atoms with Gasteiger partial charge in [0, 0.05) is 5.56 Å². The number of carbonyl (C=O) groups excluding carboxylic acids is 1. The van der Waals surface area contributed by atoms with Crippen molar-refractivity contribution >= 4 is 21.4 Å². The van der Waals surface area contributed by atoms with Crippen LogP contribution in [0.3, 0.4) is 0 Å². The van der Waals surface area contributed by atoms with Crippen LogP contribution >= 0.6 is 15.6 Å². The number of ketones is 1. The molecule has 0 amide bonds. The van der Waals surface area contributed by atoms with Crippen LogP contribution in [-0.2, 0) is 9.13 Å². The van der Waals surface area contributed by atoms with E-state index in [4.69, 9.17) is 18.9 Å². The van der Waals surface area contributed by atoms with Gasteiger partial charge in [-0.3, -0.25) is 4.79 Å². The quantitative estimate of drug-likeness (QED) is 0.146. The van der Waals surface area contributed by atoms with Gasteiger partial charge in [0.25, 0.3) is 0 Å². The molecule has 176 valence electrons. The van der Waals surface area contributed by atoms with E-state index in [0.717, 1.165) is 19.2 Å². The number of hydrogen-bond donors (Lipinski definition) is 0. The molecule has 0 saturated carbocycles. The Morgan fingerprint density at radius 2 is 1.06 bits per heavy atom. The monoisotopic (exact) mass is 582 g/mol. The molecule has 0 atom stereocenters. The van der Waals surface area contributed by atoms with Gasteiger partial charge in [-0.1, -0.05) is 0 Å². The summed E-state index contributed by atoms with van der Waals surface area (Å²) in [6, 6.07) is 4.39. The first kappa shape index (κ1) is 41.7. The Morgan fingerprint density at radius 3 is 1.42 bits per heavy atom. The minimum Gasteiger partial charge on any atom is -0.780 e. The first-order chi connectivity index (χ1) is 14.8. The molecule has 0 spiro atoms. The predicted molar refractivity (Wildman–Crippen MR) is 99.0 cm³/mol. The number of rotatable bonds is 10. The molecule has 36 heavy (non-hydrogen) atoms. The summed E-state index contributed by atoms with van der Waals surface area (Å²) >= 11 is 0. The van der Waals surface area contributed by atoms with Gasteiger partial charge < -0.3 is 56.7 Å². The van der Waals surface area contributed by atoms with Crippen molar-refractivity contribution < 1.29 is 180 Å². The summed E-state index contributed by atoms with van der Waals surface area (Å²) in [6.07, 6.45) is 0. The first-order valence-corrected chi connectivity index (χ1v) is 11.3. The maximum absolute atomic E-state index is 13.2. The molecule has 19 heteroatoms. The zero-order valence-corrected chi connectivity index (χ0v) is 30.8. The van der Waals surface area contributed by atoms with Gasteiger partial charge in [0.1, 0.15) is 15.6 Å². The Hall–Kier alpha value is 1.21. The van der Waals surface area contributed by atoms with Gasteiger partial charge in [-0.2, -0.15) is 0 Å². The molecule has 2 rings (SSSR count). The molecule has 0 aliphatic carbocycles. The maximum Gasteiger partial charge on any atom is 1.00 e. The molecular formula is C17H16Na4O13P2. The Bertz CT molecular complexity index is 1090. The molecule has 2 aromatic rings. The Balaban J connectivity index is -0.00000272. The van der Waals surface area contributed by atoms with E-state index in [9.17, 15) is 33.5 Å². The van der Waals surface area contributed by atoms with E-state index in [1.807, 2.05) is 0 Å². The predicted octanol–water partition coefficient (Wildman–Crippen LogP) is -12.6. The van der Waals surface area contributed by atoms with Crippen molar-refractivity contribution in [2.24, 2.45) is 0 Å². The van der Waals surface area contributed by atoms with Crippen molar-refractivity contribution in [1.82, 2.24) is 0 Å². The average molecular weight is 582 g/mol. The second-order valence-corrected chi connectivity index (χ2v) is 7.95. The number of phosphoric acid groups is 2. The largest absolute Gasteiger partial charge is 1.00 e. The second kappa shape index (κ2) is 17.8. The summed E-state index contributed by atoms with van der Waals surface area (Å²) in [5.74, 6) is -3.46. The average Bonchev–Trinajstić information content (AvgIpc) is 2.71. The van der Waals surface area contributed by atoms with E-state index >= 15 is 0 Å². The van der Waals surface area contributed by atoms with Gasteiger partial charge in [-0.15, -0.1) is 0 Å². The van der Waals surface area contributed by atoms with Crippen LogP contribution < -0.4 is 166 Å². The smallest absolute Gasteiger partial charge is 0.780 e. The van der Waals surface area contributed by atoms with Crippen LogP contribution in [-0.4, -0.2) is 34.2 Å². The van der Waals surface area contributed by atoms with Gasteiger partial charge >= 0.3 is 118 Å². The second-order valence-electron chi connectivity index (χ2n) is 5.79. The van der Waals surface area contributed by atoms with Crippen molar-refractivity contribution in [3.05, 3.63) is 35.4 Å². The third kappa shape index (κ3) is 11.4. The van der Waals surface area contributed by atoms with Gasteiger partial charge in [0.2, 0.25) is 11.5 Å². The fourth-order valence-corrected chi connectivity index (χ4v) is 3.45. The molecule has 0 unspecified atom stereocenters. The Kier molecular flexibility index (Phi) is 20.6. The number of methoxy groups -OCH3 is 4. The number of phosphoric ester groups is 2. The van der Waals surface area contributed by atoms with Gasteiger partial charge in [-0.05, 0) is 24.3 Å². The Morgan fingerprint density at radius 1 is 0.639 bits per heavy atom. The van der Waals surface area contributed by atoms with E-state index in [2.05, 4.69) is 9.05 Å². The molecule has 0 radical (unpaired) electrons. The van der Waals surface area contributed by atoms with Crippen LogP contribution in [0.25, 0.3) is 0 Å². The van der Waals surface area contributed by atoms with Crippen molar-refractivity contribution in [2.75, 3.05) is 28.4 Å². The van der Waals surface area contributed by atoms with Crippen molar-refractivity contribution in [3.63, 3.8) is 0 Å². The zero-order chi connectivity index (χ0) is 24.3. The van der Waals surface area contributed by atoms with Gasteiger partial charge in [0.05, 0.1) is 34.0 Å². The van der Waals surface area contributed by atoms with E-state index in [0.29, 0.717) is 0 Å². The summed E-state index contributed by atoms with van der Waals surface area (Å²) in [5.41, 5.74) is -0.810. The molecule has 0 saturated heterocycles. The molecule has 0 aromatic heterocycles. The Labute approximate surface area is 295 Å². The molecule has 0 aliphatic rings. The number of carbonyl (C=O) groups is 1. The summed E-state index contributed by atoms with van der Waals surface area (Å²) < 4.78 is 51.2. The first-order valence-electron chi connectivity index (χ1n) is 8.34. The van der Waals surface area contributed by atoms with Crippen molar-refractivity contribution in [1.29, 1.82) is 0 Å². The number of hydrogen-bond acceptors (Lipinski definition) is 13. The van der Waals surface area contributed by atoms with Gasteiger partial charge in [0.15, 0.2) is 28.8 Å². The fourth-order valence-electron chi connectivity index (χ4n) is 2.65. The molecule has 0 fully saturated rings. The topological polar surface area (TPSA) is 199 Å². The van der Waals surface area contributed by atoms with Crippen LogP contribution in [0, 0.1) is 0 Å². The van der Waals surface area contributed by atoms with Crippen LogP contribution in [0.5, 0.6) is 34.5 Å². The van der Waals surface area contributed by atoms with E-state index < -0.39 is 44.2 Å². The van der Waals surface area contributed by atoms with Gasteiger partial charge in [-0.25, -0.2) is 0 Å². The summed E-state index contributed by atoms with van der Waals surface area (Å²) in [7, 11) is -6.74. The van der Waals surface area contributed by atoms with Crippen LogP contribution in [0.2, 0.25) is 0 Å². The molecule has 2 aromatic carbocycles. The molecule has 13 nitrogen and oxygen atoms in total. The van der Waals surface area contributed by atoms with E-state index in [1.165, 1.54) is 33.5 Å². The molecule has 0 bridgehead atoms. The SMILES string of the molecule is COc1cc(C(=O)c2ccc(OC)c(OP(=O)([O-])[O-])c2OP(=O)([O-])[O-])cc(OC)c1OC.[Na+].[Na+].[Na+].[Na+]. The van der Waals surface area contributed by atoms with Crippen molar-refractivity contribution in [2.45, 2.75) is 0 Å². The fraction of sp³-hybridized carbons (Fsp3) is 0.235. The molecule has 0 aliphatic heterocycles. The zero-order valence-electron chi connectivity index (χ0n) is 21.0. The number of ether oxygens (including phenoxy) is 4. The maximum atomic E-state index is 13.2. The van der Waals surface area contributed by atoms with E-state index in [-0.39, 0.29) is 141 Å². The third-order valence-corrected chi connectivity index (χ3v) is 4.69.